The maximum Gasteiger partial charge on any atom is 0.131 e. The van der Waals surface area contributed by atoms with Gasteiger partial charge >= 0.3 is 0 Å². The third-order valence-electron chi connectivity index (χ3n) is 4.40. The van der Waals surface area contributed by atoms with Gasteiger partial charge in [-0.05, 0) is 48.2 Å². The molecular weight excluding hydrogens is 340 g/mol. The number of hydrogen-bond acceptors (Lipinski definition) is 5. The molecule has 0 bridgehead atoms. The topological polar surface area (TPSA) is 63.9 Å². The molecule has 0 aliphatic heterocycles. The van der Waals surface area contributed by atoms with Crippen LogP contribution in [0.25, 0.3) is 11.3 Å². The first-order valence-electron chi connectivity index (χ1n) is 8.68. The van der Waals surface area contributed by atoms with Crippen LogP contribution in [0.5, 0.6) is 11.5 Å². The molecular formula is C22H22N2O3. The first-order valence-corrected chi connectivity index (χ1v) is 8.68. The highest BCUT2D eigenvalue weighted by Crippen LogP contribution is 2.37. The fourth-order valence-electron chi connectivity index (χ4n) is 3.11. The number of hydrogen-bond donors (Lipinski definition) is 1. The van der Waals surface area contributed by atoms with Crippen molar-refractivity contribution in [3.05, 3.63) is 77.5 Å². The zero-order valence-corrected chi connectivity index (χ0v) is 15.4. The summed E-state index contributed by atoms with van der Waals surface area (Å²) in [6.07, 6.45) is 4.75. The van der Waals surface area contributed by atoms with Crippen molar-refractivity contribution in [2.45, 2.75) is 12.8 Å². The normalized spacial score (nSPS) is 10.9. The lowest BCUT2D eigenvalue weighted by atomic mass is 9.97. The fourth-order valence-corrected chi connectivity index (χ4v) is 3.11. The number of aromatic nitrogens is 1. The van der Waals surface area contributed by atoms with Gasteiger partial charge in [0.2, 0.25) is 0 Å². The van der Waals surface area contributed by atoms with Crippen LogP contribution in [0.4, 0.5) is 0 Å². The van der Waals surface area contributed by atoms with Crippen LogP contribution in [-0.2, 0) is 12.8 Å². The van der Waals surface area contributed by atoms with E-state index in [9.17, 15) is 0 Å². The predicted molar refractivity (Wildman–Crippen MR) is 106 cm³/mol. The van der Waals surface area contributed by atoms with Gasteiger partial charge in [0.05, 0.1) is 26.1 Å². The molecule has 0 radical (unpaired) electrons. The molecule has 0 saturated carbocycles. The average Bonchev–Trinajstić information content (AvgIpc) is 2.73. The molecule has 1 aromatic heterocycles. The molecule has 3 rings (SSSR count). The number of nitrogens with zero attached hydrogens (tertiary/aromatic N) is 2. The number of methoxy groups -OCH3 is 2. The monoisotopic (exact) mass is 362 g/mol. The van der Waals surface area contributed by atoms with Gasteiger partial charge in [0.15, 0.2) is 0 Å². The lowest BCUT2D eigenvalue weighted by Gasteiger charge is -2.16. The molecule has 3 aromatic rings. The van der Waals surface area contributed by atoms with E-state index in [1.807, 2.05) is 36.4 Å². The molecule has 0 amide bonds. The lowest BCUT2D eigenvalue weighted by Crippen LogP contribution is -2.01. The Morgan fingerprint density at radius 1 is 1.00 bits per heavy atom. The van der Waals surface area contributed by atoms with Crippen LogP contribution in [0.2, 0.25) is 0 Å². The molecule has 0 unspecified atom stereocenters. The summed E-state index contributed by atoms with van der Waals surface area (Å²) in [7, 11) is 3.29. The number of ether oxygens (including phenoxy) is 2. The third-order valence-corrected chi connectivity index (χ3v) is 4.40. The van der Waals surface area contributed by atoms with Gasteiger partial charge in [-0.1, -0.05) is 35.5 Å². The zero-order valence-electron chi connectivity index (χ0n) is 15.4. The van der Waals surface area contributed by atoms with Crippen LogP contribution in [0.1, 0.15) is 16.7 Å². The van der Waals surface area contributed by atoms with Gasteiger partial charge < -0.3 is 14.7 Å². The zero-order chi connectivity index (χ0) is 19.1. The van der Waals surface area contributed by atoms with Gasteiger partial charge in [0, 0.05) is 17.3 Å². The molecule has 0 atom stereocenters. The predicted octanol–water partition coefficient (Wildman–Crippen LogP) is 4.36. The van der Waals surface area contributed by atoms with E-state index in [4.69, 9.17) is 14.7 Å². The summed E-state index contributed by atoms with van der Waals surface area (Å²) in [4.78, 5) is 4.47. The van der Waals surface area contributed by atoms with Crippen LogP contribution < -0.4 is 9.47 Å². The van der Waals surface area contributed by atoms with E-state index in [-0.39, 0.29) is 0 Å². The number of benzene rings is 2. The highest BCUT2D eigenvalue weighted by Gasteiger charge is 2.17. The SMILES string of the molecule is COc1cc(CCc2ccccc2)c(OC)c(-c2ncccc2C=NO)c1. The van der Waals surface area contributed by atoms with E-state index >= 15 is 0 Å². The van der Waals surface area contributed by atoms with Crippen LogP contribution in [-0.4, -0.2) is 30.6 Å². The highest BCUT2D eigenvalue weighted by atomic mass is 16.5. The molecule has 1 N–H and O–H groups in total. The number of pyridine rings is 1. The van der Waals surface area contributed by atoms with Crippen molar-refractivity contribution in [2.24, 2.45) is 5.16 Å². The minimum atomic E-state index is 0.673. The molecule has 0 fully saturated rings. The van der Waals surface area contributed by atoms with Crippen LogP contribution in [0.3, 0.4) is 0 Å². The second kappa shape index (κ2) is 8.85. The van der Waals surface area contributed by atoms with Gasteiger partial charge in [0.1, 0.15) is 11.5 Å². The molecule has 27 heavy (non-hydrogen) atoms. The van der Waals surface area contributed by atoms with Crippen molar-refractivity contribution in [1.29, 1.82) is 0 Å². The molecule has 1 heterocycles. The number of aryl methyl sites for hydroxylation is 2. The summed E-state index contributed by atoms with van der Waals surface area (Å²) in [5.74, 6) is 1.48. The average molecular weight is 362 g/mol. The molecule has 5 nitrogen and oxygen atoms in total. The van der Waals surface area contributed by atoms with Crippen LogP contribution in [0.15, 0.2) is 65.9 Å². The maximum atomic E-state index is 8.97. The third kappa shape index (κ3) is 4.26. The maximum absolute atomic E-state index is 8.97. The summed E-state index contributed by atoms with van der Waals surface area (Å²) in [6.45, 7) is 0. The fraction of sp³-hybridized carbons (Fsp3) is 0.182. The molecule has 0 aliphatic carbocycles. The van der Waals surface area contributed by atoms with Crippen molar-refractivity contribution in [2.75, 3.05) is 14.2 Å². The Morgan fingerprint density at radius 2 is 1.81 bits per heavy atom. The Kier molecular flexibility index (Phi) is 6.05. The summed E-state index contributed by atoms with van der Waals surface area (Å²) in [6, 6.07) is 17.8. The van der Waals surface area contributed by atoms with Gasteiger partial charge in [0.25, 0.3) is 0 Å². The Balaban J connectivity index is 2.06. The molecule has 138 valence electrons. The quantitative estimate of drug-likeness (QED) is 0.385. The standard InChI is InChI=1S/C22H22N2O3/c1-26-19-13-17(11-10-16-7-4-3-5-8-16)22(27-2)20(14-19)21-18(15-24-25)9-6-12-23-21/h3-9,12-15,25H,10-11H2,1-2H3. The second-order valence-electron chi connectivity index (χ2n) is 6.04. The molecule has 0 saturated heterocycles. The Bertz CT molecular complexity index is 924. The molecule has 2 aromatic carbocycles. The van der Waals surface area contributed by atoms with Crippen molar-refractivity contribution in [1.82, 2.24) is 4.98 Å². The van der Waals surface area contributed by atoms with E-state index in [0.29, 0.717) is 11.3 Å². The Labute approximate surface area is 158 Å². The second-order valence-corrected chi connectivity index (χ2v) is 6.04. The summed E-state index contributed by atoms with van der Waals surface area (Å²) in [5, 5.41) is 12.1. The Hall–Kier alpha value is -3.34. The first-order chi connectivity index (χ1) is 13.3. The number of oxime groups is 1. The lowest BCUT2D eigenvalue weighted by molar-refractivity contribution is 0.322. The molecule has 0 spiro atoms. The van der Waals surface area contributed by atoms with Gasteiger partial charge in [-0.2, -0.15) is 0 Å². The minimum Gasteiger partial charge on any atom is -0.497 e. The number of rotatable bonds is 7. The Morgan fingerprint density at radius 3 is 2.52 bits per heavy atom. The van der Waals surface area contributed by atoms with Crippen molar-refractivity contribution in [3.8, 4) is 22.8 Å². The molecule has 5 heteroatoms. The molecule has 0 aliphatic rings. The van der Waals surface area contributed by atoms with E-state index in [1.165, 1.54) is 11.8 Å². The summed E-state index contributed by atoms with van der Waals surface area (Å²) in [5.41, 5.74) is 4.46. The van der Waals surface area contributed by atoms with Crippen molar-refractivity contribution >= 4 is 6.21 Å². The van der Waals surface area contributed by atoms with Gasteiger partial charge in [-0.3, -0.25) is 4.98 Å². The van der Waals surface area contributed by atoms with E-state index in [0.717, 1.165) is 35.5 Å². The minimum absolute atomic E-state index is 0.673. The van der Waals surface area contributed by atoms with Crippen LogP contribution in [0, 0.1) is 0 Å². The largest absolute Gasteiger partial charge is 0.497 e. The van der Waals surface area contributed by atoms with E-state index in [1.54, 1.807) is 26.5 Å². The van der Waals surface area contributed by atoms with Gasteiger partial charge in [-0.15, -0.1) is 0 Å². The van der Waals surface area contributed by atoms with Crippen molar-refractivity contribution < 1.29 is 14.7 Å². The van der Waals surface area contributed by atoms with Gasteiger partial charge in [-0.25, -0.2) is 0 Å². The smallest absolute Gasteiger partial charge is 0.131 e. The highest BCUT2D eigenvalue weighted by molar-refractivity contribution is 5.90. The van der Waals surface area contributed by atoms with Crippen molar-refractivity contribution in [3.63, 3.8) is 0 Å². The summed E-state index contributed by atoms with van der Waals surface area (Å²) >= 11 is 0. The first kappa shape index (κ1) is 18.5. The van der Waals surface area contributed by atoms with Crippen LogP contribution >= 0.6 is 0 Å². The summed E-state index contributed by atoms with van der Waals surface area (Å²) < 4.78 is 11.3. The van der Waals surface area contributed by atoms with E-state index in [2.05, 4.69) is 22.3 Å². The van der Waals surface area contributed by atoms with E-state index < -0.39 is 0 Å².